The number of esters is 1. The van der Waals surface area contributed by atoms with Crippen molar-refractivity contribution in [3.63, 3.8) is 0 Å². The average molecular weight is 468 g/mol. The number of benzene rings is 3. The number of fused-ring (bicyclic) bond motifs is 4. The Hall–Kier alpha value is -4.17. The van der Waals surface area contributed by atoms with Crippen LogP contribution in [0.4, 0.5) is 0 Å². The number of rotatable bonds is 5. The monoisotopic (exact) mass is 467 g/mol. The van der Waals surface area contributed by atoms with Crippen molar-refractivity contribution in [3.8, 4) is 5.75 Å². The van der Waals surface area contributed by atoms with E-state index in [1.54, 1.807) is 7.11 Å². The number of ether oxygens (including phenoxy) is 2. The molecule has 3 aromatic carbocycles. The minimum atomic E-state index is -0.443. The second kappa shape index (κ2) is 8.56. The molecule has 2 atom stereocenters. The molecule has 8 heteroatoms. The molecule has 1 aliphatic rings. The Morgan fingerprint density at radius 1 is 1.09 bits per heavy atom. The highest BCUT2D eigenvalue weighted by molar-refractivity contribution is 5.87. The summed E-state index contributed by atoms with van der Waals surface area (Å²) in [6.45, 7) is 0.504. The Labute approximate surface area is 201 Å². The van der Waals surface area contributed by atoms with Crippen LogP contribution >= 0.6 is 0 Å². The number of nitrogens with one attached hydrogen (secondary N) is 2. The summed E-state index contributed by atoms with van der Waals surface area (Å²) in [5.41, 5.74) is 7.05. The largest absolute Gasteiger partial charge is 0.496 e. The molecule has 0 amide bonds. The first-order valence-corrected chi connectivity index (χ1v) is 11.5. The van der Waals surface area contributed by atoms with Gasteiger partial charge in [-0.25, -0.2) is 4.68 Å². The van der Waals surface area contributed by atoms with Crippen molar-refractivity contribution in [2.75, 3.05) is 14.2 Å². The second-order valence-corrected chi connectivity index (χ2v) is 8.75. The fourth-order valence-corrected chi connectivity index (χ4v) is 5.09. The zero-order valence-electron chi connectivity index (χ0n) is 19.5. The van der Waals surface area contributed by atoms with Crippen LogP contribution in [0.2, 0.25) is 0 Å². The minimum Gasteiger partial charge on any atom is -0.496 e. The molecule has 6 rings (SSSR count). The van der Waals surface area contributed by atoms with Gasteiger partial charge in [0.2, 0.25) is 0 Å². The zero-order chi connectivity index (χ0) is 23.9. The lowest BCUT2D eigenvalue weighted by Crippen LogP contribution is -2.45. The summed E-state index contributed by atoms with van der Waals surface area (Å²) in [6, 6.07) is 21.5. The Morgan fingerprint density at radius 3 is 2.77 bits per heavy atom. The van der Waals surface area contributed by atoms with Crippen molar-refractivity contribution in [2.45, 2.75) is 25.0 Å². The maximum absolute atomic E-state index is 12.6. The standard InChI is InChI=1S/C27H25N5O3/c1-34-24-12-11-16(13-17(24)15-32-23-10-6-5-9-21(23)30-31-32)25-26-19(14-22(29-25)27(33)35-2)18-7-3-4-8-20(18)28-26/h3-13,22,25,28-29H,14-15H2,1-2H3. The highest BCUT2D eigenvalue weighted by Gasteiger charge is 2.34. The van der Waals surface area contributed by atoms with E-state index >= 15 is 0 Å². The quantitative estimate of drug-likeness (QED) is 0.383. The third kappa shape index (κ3) is 3.63. The second-order valence-electron chi connectivity index (χ2n) is 8.75. The Kier molecular flexibility index (Phi) is 5.22. The third-order valence-electron chi connectivity index (χ3n) is 6.78. The van der Waals surface area contributed by atoms with Crippen LogP contribution in [0.25, 0.3) is 21.9 Å². The van der Waals surface area contributed by atoms with Gasteiger partial charge in [0.15, 0.2) is 0 Å². The number of methoxy groups -OCH3 is 2. The fraction of sp³-hybridized carbons (Fsp3) is 0.222. The molecule has 8 nitrogen and oxygen atoms in total. The number of aromatic amines is 1. The van der Waals surface area contributed by atoms with E-state index in [4.69, 9.17) is 9.47 Å². The summed E-state index contributed by atoms with van der Waals surface area (Å²) in [7, 11) is 3.09. The van der Waals surface area contributed by atoms with E-state index < -0.39 is 6.04 Å². The molecule has 176 valence electrons. The number of aromatic nitrogens is 4. The van der Waals surface area contributed by atoms with Gasteiger partial charge < -0.3 is 14.5 Å². The van der Waals surface area contributed by atoms with Crippen LogP contribution in [0, 0.1) is 0 Å². The molecule has 3 heterocycles. The fourth-order valence-electron chi connectivity index (χ4n) is 5.09. The van der Waals surface area contributed by atoms with Crippen LogP contribution in [-0.4, -0.2) is 46.2 Å². The molecule has 0 saturated heterocycles. The lowest BCUT2D eigenvalue weighted by molar-refractivity contribution is -0.143. The molecule has 5 aromatic rings. The molecule has 0 bridgehead atoms. The van der Waals surface area contributed by atoms with Crippen molar-refractivity contribution < 1.29 is 14.3 Å². The van der Waals surface area contributed by atoms with Gasteiger partial charge in [0, 0.05) is 28.6 Å². The van der Waals surface area contributed by atoms with Gasteiger partial charge in [0.1, 0.15) is 17.3 Å². The van der Waals surface area contributed by atoms with Crippen LogP contribution in [0.5, 0.6) is 5.75 Å². The maximum Gasteiger partial charge on any atom is 0.323 e. The van der Waals surface area contributed by atoms with Crippen molar-refractivity contribution in [1.29, 1.82) is 0 Å². The maximum atomic E-state index is 12.6. The molecule has 0 aliphatic carbocycles. The van der Waals surface area contributed by atoms with Gasteiger partial charge in [0.25, 0.3) is 0 Å². The highest BCUT2D eigenvalue weighted by atomic mass is 16.5. The number of nitrogens with zero attached hydrogens (tertiary/aromatic N) is 3. The first-order chi connectivity index (χ1) is 17.2. The predicted octanol–water partition coefficient (Wildman–Crippen LogP) is 3.75. The van der Waals surface area contributed by atoms with Crippen LogP contribution in [0.1, 0.15) is 28.4 Å². The van der Waals surface area contributed by atoms with E-state index in [0.29, 0.717) is 13.0 Å². The average Bonchev–Trinajstić information content (AvgIpc) is 3.49. The molecule has 1 aliphatic heterocycles. The summed E-state index contributed by atoms with van der Waals surface area (Å²) in [5, 5.41) is 13.3. The summed E-state index contributed by atoms with van der Waals surface area (Å²) in [6.07, 6.45) is 0.566. The minimum absolute atomic E-state index is 0.215. The van der Waals surface area contributed by atoms with Gasteiger partial charge in [-0.1, -0.05) is 41.6 Å². The molecule has 2 aromatic heterocycles. The van der Waals surface area contributed by atoms with E-state index in [9.17, 15) is 4.79 Å². The van der Waals surface area contributed by atoms with Crippen molar-refractivity contribution in [2.24, 2.45) is 0 Å². The highest BCUT2D eigenvalue weighted by Crippen LogP contribution is 2.37. The molecule has 0 radical (unpaired) electrons. The number of carbonyl (C=O) groups is 1. The van der Waals surface area contributed by atoms with Crippen molar-refractivity contribution in [1.82, 2.24) is 25.3 Å². The Bertz CT molecular complexity index is 1550. The lowest BCUT2D eigenvalue weighted by atomic mass is 9.89. The summed E-state index contributed by atoms with van der Waals surface area (Å²) in [5.74, 6) is 0.499. The topological polar surface area (TPSA) is 94.1 Å². The van der Waals surface area contributed by atoms with Gasteiger partial charge in [-0.15, -0.1) is 5.10 Å². The van der Waals surface area contributed by atoms with E-state index in [1.807, 2.05) is 53.2 Å². The number of hydrogen-bond donors (Lipinski definition) is 2. The van der Waals surface area contributed by atoms with Crippen LogP contribution in [0.15, 0.2) is 66.7 Å². The molecule has 0 spiro atoms. The van der Waals surface area contributed by atoms with E-state index in [-0.39, 0.29) is 12.0 Å². The summed E-state index contributed by atoms with van der Waals surface area (Å²) < 4.78 is 12.6. The SMILES string of the molecule is COC(=O)C1Cc2c([nH]c3ccccc23)C(c2ccc(OC)c(Cn3nnc4ccccc43)c2)N1. The van der Waals surface area contributed by atoms with Gasteiger partial charge in [-0.2, -0.15) is 0 Å². The van der Waals surface area contributed by atoms with Crippen molar-refractivity contribution in [3.05, 3.63) is 89.1 Å². The predicted molar refractivity (Wildman–Crippen MR) is 132 cm³/mol. The number of H-pyrrole nitrogens is 1. The smallest absolute Gasteiger partial charge is 0.323 e. The van der Waals surface area contributed by atoms with Gasteiger partial charge in [-0.05, 0) is 41.5 Å². The van der Waals surface area contributed by atoms with E-state index in [1.165, 1.54) is 7.11 Å². The number of para-hydroxylation sites is 2. The zero-order valence-corrected chi connectivity index (χ0v) is 19.5. The van der Waals surface area contributed by atoms with Gasteiger partial charge in [-0.3, -0.25) is 10.1 Å². The first kappa shape index (κ1) is 21.4. The molecular weight excluding hydrogens is 442 g/mol. The Morgan fingerprint density at radius 2 is 1.91 bits per heavy atom. The Balaban J connectivity index is 1.44. The number of carbonyl (C=O) groups excluding carboxylic acids is 1. The van der Waals surface area contributed by atoms with Crippen molar-refractivity contribution >= 4 is 27.9 Å². The molecule has 35 heavy (non-hydrogen) atoms. The van der Waals surface area contributed by atoms with E-state index in [0.717, 1.165) is 50.1 Å². The summed E-state index contributed by atoms with van der Waals surface area (Å²) in [4.78, 5) is 16.2. The number of hydrogen-bond acceptors (Lipinski definition) is 6. The van der Waals surface area contributed by atoms with Crippen LogP contribution in [-0.2, 0) is 22.5 Å². The van der Waals surface area contributed by atoms with Crippen LogP contribution < -0.4 is 10.1 Å². The molecular formula is C27H25N5O3. The lowest BCUT2D eigenvalue weighted by Gasteiger charge is -2.30. The first-order valence-electron chi connectivity index (χ1n) is 11.5. The molecule has 2 N–H and O–H groups in total. The molecule has 0 fully saturated rings. The van der Waals surface area contributed by atoms with E-state index in [2.05, 4.69) is 38.8 Å². The van der Waals surface area contributed by atoms with Gasteiger partial charge in [0.05, 0.1) is 32.3 Å². The molecule has 0 saturated carbocycles. The third-order valence-corrected chi connectivity index (χ3v) is 6.78. The molecule has 2 unspecified atom stereocenters. The normalized spacial score (nSPS) is 17.4. The van der Waals surface area contributed by atoms with Gasteiger partial charge >= 0.3 is 5.97 Å². The van der Waals surface area contributed by atoms with Crippen LogP contribution in [0.3, 0.4) is 0 Å². The summed E-state index contributed by atoms with van der Waals surface area (Å²) >= 11 is 0.